The van der Waals surface area contributed by atoms with Gasteiger partial charge in [0.2, 0.25) is 0 Å². The van der Waals surface area contributed by atoms with Crippen molar-refractivity contribution in [2.24, 2.45) is 17.8 Å². The fourth-order valence-corrected chi connectivity index (χ4v) is 5.39. The summed E-state index contributed by atoms with van der Waals surface area (Å²) in [4.78, 5) is 9.31. The summed E-state index contributed by atoms with van der Waals surface area (Å²) < 4.78 is 0. The predicted octanol–water partition coefficient (Wildman–Crippen LogP) is 3.91. The second kappa shape index (κ2) is 3.69. The average molecular weight is 263 g/mol. The van der Waals surface area contributed by atoms with Gasteiger partial charge in [0.15, 0.2) is 0 Å². The Morgan fingerprint density at radius 2 is 1.61 bits per heavy atom. The van der Waals surface area contributed by atoms with Crippen molar-refractivity contribution in [3.63, 3.8) is 0 Å². The Morgan fingerprint density at radius 1 is 1.06 bits per heavy atom. The highest BCUT2D eigenvalue weighted by Gasteiger charge is 2.53. The lowest BCUT2D eigenvalue weighted by molar-refractivity contribution is -0.00946. The van der Waals surface area contributed by atoms with Gasteiger partial charge >= 0.3 is 0 Å². The SMILES string of the molecule is Cc1cc(Cl)nc(C23CC4CC(CC(C4)C2)C3)n1. The molecule has 0 spiro atoms. The quantitative estimate of drug-likeness (QED) is 0.717. The van der Waals surface area contributed by atoms with Crippen LogP contribution < -0.4 is 0 Å². The number of aromatic nitrogens is 2. The molecule has 0 atom stereocenters. The van der Waals surface area contributed by atoms with E-state index in [1.165, 1.54) is 38.5 Å². The molecule has 3 heteroatoms. The maximum absolute atomic E-state index is 6.14. The van der Waals surface area contributed by atoms with Gasteiger partial charge < -0.3 is 0 Å². The topological polar surface area (TPSA) is 25.8 Å². The van der Waals surface area contributed by atoms with Crippen molar-refractivity contribution in [2.75, 3.05) is 0 Å². The van der Waals surface area contributed by atoms with Crippen LogP contribution in [0.15, 0.2) is 6.07 Å². The van der Waals surface area contributed by atoms with Crippen molar-refractivity contribution in [3.8, 4) is 0 Å². The number of rotatable bonds is 1. The van der Waals surface area contributed by atoms with Crippen molar-refractivity contribution in [1.82, 2.24) is 9.97 Å². The summed E-state index contributed by atoms with van der Waals surface area (Å²) in [5.41, 5.74) is 1.28. The summed E-state index contributed by atoms with van der Waals surface area (Å²) in [7, 11) is 0. The molecular weight excluding hydrogens is 244 g/mol. The van der Waals surface area contributed by atoms with Crippen molar-refractivity contribution in [2.45, 2.75) is 50.9 Å². The monoisotopic (exact) mass is 262 g/mol. The third kappa shape index (κ3) is 1.61. The standard InChI is InChI=1S/C15H19ClN2/c1-9-2-13(16)18-14(17-9)15-6-10-3-11(7-15)5-12(4-10)8-15/h2,10-12H,3-8H2,1H3. The summed E-state index contributed by atoms with van der Waals surface area (Å²) in [6.07, 6.45) is 8.28. The van der Waals surface area contributed by atoms with E-state index < -0.39 is 0 Å². The highest BCUT2D eigenvalue weighted by Crippen LogP contribution is 2.60. The molecule has 1 aromatic rings. The largest absolute Gasteiger partial charge is 0.238 e. The van der Waals surface area contributed by atoms with Crippen LogP contribution in [0.25, 0.3) is 0 Å². The van der Waals surface area contributed by atoms with Gasteiger partial charge in [0, 0.05) is 11.1 Å². The van der Waals surface area contributed by atoms with Crippen LogP contribution >= 0.6 is 11.6 Å². The molecule has 0 saturated heterocycles. The van der Waals surface area contributed by atoms with Crippen molar-refractivity contribution < 1.29 is 0 Å². The third-order valence-corrected chi connectivity index (χ3v) is 5.53. The van der Waals surface area contributed by atoms with E-state index in [0.717, 1.165) is 29.3 Å². The summed E-state index contributed by atoms with van der Waals surface area (Å²) in [5.74, 6) is 3.84. The molecule has 0 aliphatic heterocycles. The molecule has 5 rings (SSSR count). The molecular formula is C15H19ClN2. The summed E-state index contributed by atoms with van der Waals surface area (Å²) in [6, 6.07) is 1.87. The molecule has 4 aliphatic rings. The summed E-state index contributed by atoms with van der Waals surface area (Å²) >= 11 is 6.14. The number of hydrogen-bond acceptors (Lipinski definition) is 2. The van der Waals surface area contributed by atoms with Gasteiger partial charge in [-0.2, -0.15) is 0 Å². The van der Waals surface area contributed by atoms with E-state index in [1.807, 2.05) is 13.0 Å². The lowest BCUT2D eigenvalue weighted by atomic mass is 9.49. The average Bonchev–Trinajstić information content (AvgIpc) is 2.25. The Labute approximate surface area is 113 Å². The Hall–Kier alpha value is -0.630. The van der Waals surface area contributed by atoms with Crippen LogP contribution in [0.4, 0.5) is 0 Å². The van der Waals surface area contributed by atoms with Gasteiger partial charge in [-0.15, -0.1) is 0 Å². The van der Waals surface area contributed by atoms with E-state index >= 15 is 0 Å². The van der Waals surface area contributed by atoms with E-state index in [0.29, 0.717) is 5.15 Å². The first-order chi connectivity index (χ1) is 8.63. The van der Waals surface area contributed by atoms with Crippen molar-refractivity contribution >= 4 is 11.6 Å². The Balaban J connectivity index is 1.79. The molecule has 4 fully saturated rings. The second-order valence-electron chi connectivity index (χ2n) is 6.85. The van der Waals surface area contributed by atoms with Crippen LogP contribution in [0.2, 0.25) is 5.15 Å². The molecule has 96 valence electrons. The molecule has 4 bridgehead atoms. The Kier molecular flexibility index (Phi) is 2.30. The Morgan fingerprint density at radius 3 is 2.11 bits per heavy atom. The van der Waals surface area contributed by atoms with Gasteiger partial charge in [-0.25, -0.2) is 9.97 Å². The Bertz CT molecular complexity index is 442. The molecule has 4 saturated carbocycles. The normalized spacial score (nSPS) is 41.3. The van der Waals surface area contributed by atoms with E-state index in [1.54, 1.807) is 0 Å². The maximum Gasteiger partial charge on any atom is 0.136 e. The molecule has 0 radical (unpaired) electrons. The van der Waals surface area contributed by atoms with Gasteiger partial charge in [0.05, 0.1) is 0 Å². The fraction of sp³-hybridized carbons (Fsp3) is 0.733. The lowest BCUT2D eigenvalue weighted by Gasteiger charge is -2.56. The molecule has 0 N–H and O–H groups in total. The van der Waals surface area contributed by atoms with E-state index in [-0.39, 0.29) is 5.41 Å². The van der Waals surface area contributed by atoms with E-state index in [9.17, 15) is 0 Å². The highest BCUT2D eigenvalue weighted by atomic mass is 35.5. The molecule has 1 aromatic heterocycles. The van der Waals surface area contributed by atoms with Crippen LogP contribution in [0, 0.1) is 24.7 Å². The highest BCUT2D eigenvalue weighted by molar-refractivity contribution is 6.29. The number of aryl methyl sites for hydroxylation is 1. The second-order valence-corrected chi connectivity index (χ2v) is 7.24. The first-order valence-corrected chi connectivity index (χ1v) is 7.52. The first-order valence-electron chi connectivity index (χ1n) is 7.15. The van der Waals surface area contributed by atoms with Crippen LogP contribution in [-0.4, -0.2) is 9.97 Å². The van der Waals surface area contributed by atoms with Gasteiger partial charge in [-0.3, -0.25) is 0 Å². The number of hydrogen-bond donors (Lipinski definition) is 0. The zero-order chi connectivity index (χ0) is 12.3. The molecule has 0 aromatic carbocycles. The molecule has 0 amide bonds. The van der Waals surface area contributed by atoms with Gasteiger partial charge in [0.25, 0.3) is 0 Å². The molecule has 2 nitrogen and oxygen atoms in total. The molecule has 0 unspecified atom stereocenters. The summed E-state index contributed by atoms with van der Waals surface area (Å²) in [5, 5.41) is 0.619. The molecule has 4 aliphatic carbocycles. The van der Waals surface area contributed by atoms with Crippen molar-refractivity contribution in [1.29, 1.82) is 0 Å². The van der Waals surface area contributed by atoms with Crippen LogP contribution in [0.5, 0.6) is 0 Å². The fourth-order valence-electron chi connectivity index (χ4n) is 5.15. The zero-order valence-corrected chi connectivity index (χ0v) is 11.6. The van der Waals surface area contributed by atoms with E-state index in [4.69, 9.17) is 16.6 Å². The first kappa shape index (κ1) is 11.2. The number of halogens is 1. The smallest absolute Gasteiger partial charge is 0.136 e. The lowest BCUT2D eigenvalue weighted by Crippen LogP contribution is -2.49. The molecule has 18 heavy (non-hydrogen) atoms. The number of nitrogens with zero attached hydrogens (tertiary/aromatic N) is 2. The molecule has 1 heterocycles. The minimum Gasteiger partial charge on any atom is -0.238 e. The minimum atomic E-state index is 0.268. The van der Waals surface area contributed by atoms with Gasteiger partial charge in [-0.05, 0) is 69.3 Å². The van der Waals surface area contributed by atoms with Gasteiger partial charge in [-0.1, -0.05) is 11.6 Å². The van der Waals surface area contributed by atoms with Gasteiger partial charge in [0.1, 0.15) is 11.0 Å². The predicted molar refractivity (Wildman–Crippen MR) is 71.6 cm³/mol. The van der Waals surface area contributed by atoms with Crippen LogP contribution in [0.1, 0.15) is 50.0 Å². The third-order valence-electron chi connectivity index (χ3n) is 5.34. The summed E-state index contributed by atoms with van der Waals surface area (Å²) in [6.45, 7) is 2.03. The van der Waals surface area contributed by atoms with Crippen LogP contribution in [-0.2, 0) is 5.41 Å². The van der Waals surface area contributed by atoms with E-state index in [2.05, 4.69) is 4.98 Å². The minimum absolute atomic E-state index is 0.268. The zero-order valence-electron chi connectivity index (χ0n) is 10.8. The van der Waals surface area contributed by atoms with Crippen LogP contribution in [0.3, 0.4) is 0 Å². The van der Waals surface area contributed by atoms with Crippen molar-refractivity contribution in [3.05, 3.63) is 22.7 Å². The maximum atomic E-state index is 6.14.